The number of nitrogens with zero attached hydrogens (tertiary/aromatic N) is 1. The standard InChI is InChI=1S/C16H27NO/c1-6-16(13(3)12-17(4)7-2)14-9-8-10-15(11-14)18-5/h8-11,13,16H,6-7,12H2,1-5H3/t13-,16+/m0/s1. The van der Waals surface area contributed by atoms with Crippen LogP contribution in [0, 0.1) is 5.92 Å². The molecular weight excluding hydrogens is 222 g/mol. The van der Waals surface area contributed by atoms with Gasteiger partial charge < -0.3 is 9.64 Å². The average Bonchev–Trinajstić information content (AvgIpc) is 2.39. The van der Waals surface area contributed by atoms with Crippen LogP contribution < -0.4 is 4.74 Å². The molecule has 102 valence electrons. The fourth-order valence-corrected chi connectivity index (χ4v) is 2.59. The molecule has 0 aliphatic rings. The molecule has 0 radical (unpaired) electrons. The van der Waals surface area contributed by atoms with Crippen molar-refractivity contribution in [3.63, 3.8) is 0 Å². The van der Waals surface area contributed by atoms with Gasteiger partial charge in [-0.3, -0.25) is 0 Å². The van der Waals surface area contributed by atoms with Gasteiger partial charge in [0.15, 0.2) is 0 Å². The Morgan fingerprint density at radius 1 is 1.28 bits per heavy atom. The molecule has 2 heteroatoms. The van der Waals surface area contributed by atoms with E-state index < -0.39 is 0 Å². The summed E-state index contributed by atoms with van der Waals surface area (Å²) in [5, 5.41) is 0. The molecule has 0 saturated carbocycles. The first-order chi connectivity index (χ1) is 8.62. The fourth-order valence-electron chi connectivity index (χ4n) is 2.59. The minimum Gasteiger partial charge on any atom is -0.497 e. The molecule has 0 heterocycles. The highest BCUT2D eigenvalue weighted by Crippen LogP contribution is 2.30. The molecule has 0 amide bonds. The van der Waals surface area contributed by atoms with E-state index in [4.69, 9.17) is 4.74 Å². The van der Waals surface area contributed by atoms with E-state index >= 15 is 0 Å². The maximum atomic E-state index is 5.32. The highest BCUT2D eigenvalue weighted by atomic mass is 16.5. The van der Waals surface area contributed by atoms with Crippen LogP contribution in [0.5, 0.6) is 5.75 Å². The molecule has 0 aliphatic heterocycles. The van der Waals surface area contributed by atoms with Gasteiger partial charge in [0.05, 0.1) is 7.11 Å². The number of hydrogen-bond donors (Lipinski definition) is 0. The van der Waals surface area contributed by atoms with Crippen LogP contribution in [-0.4, -0.2) is 32.1 Å². The van der Waals surface area contributed by atoms with E-state index in [0.29, 0.717) is 11.8 Å². The zero-order valence-electron chi connectivity index (χ0n) is 12.4. The third kappa shape index (κ3) is 4.02. The summed E-state index contributed by atoms with van der Waals surface area (Å²) in [7, 11) is 3.92. The fraction of sp³-hybridized carbons (Fsp3) is 0.625. The van der Waals surface area contributed by atoms with E-state index in [1.807, 2.05) is 6.07 Å². The Labute approximate surface area is 112 Å². The van der Waals surface area contributed by atoms with Gasteiger partial charge >= 0.3 is 0 Å². The molecule has 0 unspecified atom stereocenters. The molecule has 2 atom stereocenters. The van der Waals surface area contributed by atoms with Crippen molar-refractivity contribution < 1.29 is 4.74 Å². The lowest BCUT2D eigenvalue weighted by atomic mass is 9.85. The normalized spacial score (nSPS) is 14.6. The van der Waals surface area contributed by atoms with Crippen molar-refractivity contribution in [3.05, 3.63) is 29.8 Å². The van der Waals surface area contributed by atoms with E-state index in [1.165, 1.54) is 12.0 Å². The lowest BCUT2D eigenvalue weighted by molar-refractivity contribution is 0.270. The third-order valence-electron chi connectivity index (χ3n) is 3.79. The SMILES string of the molecule is CC[C@@H](c1cccc(OC)c1)[C@@H](C)CN(C)CC. The second-order valence-electron chi connectivity index (χ2n) is 5.12. The quantitative estimate of drug-likeness (QED) is 0.729. The Morgan fingerprint density at radius 2 is 2.00 bits per heavy atom. The molecule has 0 aromatic heterocycles. The third-order valence-corrected chi connectivity index (χ3v) is 3.79. The summed E-state index contributed by atoms with van der Waals surface area (Å²) in [6, 6.07) is 8.50. The minimum absolute atomic E-state index is 0.606. The average molecular weight is 249 g/mol. The highest BCUT2D eigenvalue weighted by molar-refractivity contribution is 5.31. The van der Waals surface area contributed by atoms with Gasteiger partial charge in [0.25, 0.3) is 0 Å². The maximum absolute atomic E-state index is 5.32. The van der Waals surface area contributed by atoms with Crippen LogP contribution in [0.15, 0.2) is 24.3 Å². The molecule has 0 saturated heterocycles. The van der Waals surface area contributed by atoms with Crippen molar-refractivity contribution in [2.75, 3.05) is 27.2 Å². The smallest absolute Gasteiger partial charge is 0.119 e. The maximum Gasteiger partial charge on any atom is 0.119 e. The Morgan fingerprint density at radius 3 is 2.56 bits per heavy atom. The topological polar surface area (TPSA) is 12.5 Å². The summed E-state index contributed by atoms with van der Waals surface area (Å²) in [6.07, 6.45) is 1.17. The Bertz CT molecular complexity index is 351. The predicted molar refractivity (Wildman–Crippen MR) is 78.4 cm³/mol. The largest absolute Gasteiger partial charge is 0.497 e. The van der Waals surface area contributed by atoms with E-state index in [0.717, 1.165) is 18.8 Å². The lowest BCUT2D eigenvalue weighted by Gasteiger charge is -2.27. The number of methoxy groups -OCH3 is 1. The molecule has 1 rings (SSSR count). The predicted octanol–water partition coefficient (Wildman–Crippen LogP) is 3.78. The van der Waals surface area contributed by atoms with E-state index in [-0.39, 0.29) is 0 Å². The van der Waals surface area contributed by atoms with Crippen molar-refractivity contribution in [2.45, 2.75) is 33.1 Å². The van der Waals surface area contributed by atoms with Crippen LogP contribution in [0.1, 0.15) is 38.7 Å². The van der Waals surface area contributed by atoms with Crippen LogP contribution in [0.3, 0.4) is 0 Å². The Hall–Kier alpha value is -1.02. The van der Waals surface area contributed by atoms with Crippen molar-refractivity contribution >= 4 is 0 Å². The first-order valence-corrected chi connectivity index (χ1v) is 6.94. The van der Waals surface area contributed by atoms with Gasteiger partial charge in [-0.05, 0) is 49.5 Å². The van der Waals surface area contributed by atoms with Crippen LogP contribution >= 0.6 is 0 Å². The van der Waals surface area contributed by atoms with E-state index in [9.17, 15) is 0 Å². The number of hydrogen-bond acceptors (Lipinski definition) is 2. The molecule has 0 bridgehead atoms. The van der Waals surface area contributed by atoms with E-state index in [1.54, 1.807) is 7.11 Å². The summed E-state index contributed by atoms with van der Waals surface area (Å²) in [5.74, 6) is 2.23. The summed E-state index contributed by atoms with van der Waals surface area (Å²) >= 11 is 0. The van der Waals surface area contributed by atoms with Gasteiger partial charge in [0.1, 0.15) is 5.75 Å². The lowest BCUT2D eigenvalue weighted by Crippen LogP contribution is -2.27. The summed E-state index contributed by atoms with van der Waals surface area (Å²) in [6.45, 7) is 9.08. The molecule has 0 spiro atoms. The highest BCUT2D eigenvalue weighted by Gasteiger charge is 2.19. The summed E-state index contributed by atoms with van der Waals surface area (Å²) < 4.78 is 5.32. The summed E-state index contributed by atoms with van der Waals surface area (Å²) in [5.41, 5.74) is 1.40. The Kier molecular flexibility index (Phi) is 6.20. The van der Waals surface area contributed by atoms with Crippen LogP contribution in [0.4, 0.5) is 0 Å². The monoisotopic (exact) mass is 249 g/mol. The number of rotatable bonds is 7. The van der Waals surface area contributed by atoms with Gasteiger partial charge in [0, 0.05) is 6.54 Å². The second-order valence-corrected chi connectivity index (χ2v) is 5.12. The van der Waals surface area contributed by atoms with Crippen molar-refractivity contribution in [1.29, 1.82) is 0 Å². The molecule has 2 nitrogen and oxygen atoms in total. The van der Waals surface area contributed by atoms with Gasteiger partial charge in [-0.2, -0.15) is 0 Å². The van der Waals surface area contributed by atoms with E-state index in [2.05, 4.69) is 50.9 Å². The van der Waals surface area contributed by atoms with Gasteiger partial charge in [-0.15, -0.1) is 0 Å². The molecule has 1 aromatic carbocycles. The van der Waals surface area contributed by atoms with Crippen LogP contribution in [0.2, 0.25) is 0 Å². The first-order valence-electron chi connectivity index (χ1n) is 6.94. The molecule has 18 heavy (non-hydrogen) atoms. The zero-order chi connectivity index (χ0) is 13.5. The van der Waals surface area contributed by atoms with Crippen LogP contribution in [0.25, 0.3) is 0 Å². The second kappa shape index (κ2) is 7.42. The van der Waals surface area contributed by atoms with Gasteiger partial charge in [-0.25, -0.2) is 0 Å². The molecular formula is C16H27NO. The van der Waals surface area contributed by atoms with Gasteiger partial charge in [-0.1, -0.05) is 32.9 Å². The van der Waals surface area contributed by atoms with Crippen LogP contribution in [-0.2, 0) is 0 Å². The van der Waals surface area contributed by atoms with Crippen molar-refractivity contribution in [2.24, 2.45) is 5.92 Å². The minimum atomic E-state index is 0.606. The Balaban J connectivity index is 2.80. The number of benzene rings is 1. The number of ether oxygens (including phenoxy) is 1. The molecule has 0 N–H and O–H groups in total. The molecule has 0 aliphatic carbocycles. The molecule has 1 aromatic rings. The molecule has 0 fully saturated rings. The van der Waals surface area contributed by atoms with Crippen molar-refractivity contribution in [1.82, 2.24) is 4.90 Å². The van der Waals surface area contributed by atoms with Crippen molar-refractivity contribution in [3.8, 4) is 5.75 Å². The first kappa shape index (κ1) is 15.0. The van der Waals surface area contributed by atoms with Gasteiger partial charge in [0.2, 0.25) is 0 Å². The summed E-state index contributed by atoms with van der Waals surface area (Å²) in [4.78, 5) is 2.38. The zero-order valence-corrected chi connectivity index (χ0v) is 12.4.